The predicted octanol–water partition coefficient (Wildman–Crippen LogP) is 3.21. The summed E-state index contributed by atoms with van der Waals surface area (Å²) in [5.74, 6) is 0.887. The van der Waals surface area contributed by atoms with Crippen LogP contribution in [0.5, 0.6) is 11.5 Å². The van der Waals surface area contributed by atoms with E-state index in [0.717, 1.165) is 18.3 Å². The minimum Gasteiger partial charge on any atom is -0.485 e. The zero-order chi connectivity index (χ0) is 16.9. The molecule has 5 heteroatoms. The number of carbonyl (C=O) groups excluding carboxylic acids is 2. The molecule has 0 bridgehead atoms. The molecule has 0 saturated heterocycles. The Morgan fingerprint density at radius 3 is 2.75 bits per heavy atom. The Bertz CT molecular complexity index is 743. The summed E-state index contributed by atoms with van der Waals surface area (Å²) in [4.78, 5) is 25.0. The first kappa shape index (κ1) is 16.1. The summed E-state index contributed by atoms with van der Waals surface area (Å²) in [7, 11) is 0. The SMILES string of the molecule is CCCN1C(=O)COc2c(OCc3ccccc3)cc(C=O)cc21. The standard InChI is InChI=1S/C19H19NO4/c1-2-8-20-16-9-15(11-21)10-17(19(16)24-13-18(20)22)23-12-14-6-4-3-5-7-14/h3-7,9-11H,2,8,12-13H2,1H3. The number of anilines is 1. The maximum absolute atomic E-state index is 12.1. The fourth-order valence-electron chi connectivity index (χ4n) is 2.68. The molecule has 2 aromatic carbocycles. The Labute approximate surface area is 140 Å². The van der Waals surface area contributed by atoms with Gasteiger partial charge in [-0.2, -0.15) is 0 Å². The second-order valence-electron chi connectivity index (χ2n) is 5.59. The molecule has 2 aromatic rings. The highest BCUT2D eigenvalue weighted by Gasteiger charge is 2.28. The Kier molecular flexibility index (Phi) is 4.79. The van der Waals surface area contributed by atoms with Crippen molar-refractivity contribution in [1.29, 1.82) is 0 Å². The van der Waals surface area contributed by atoms with Crippen LogP contribution in [0.4, 0.5) is 5.69 Å². The highest BCUT2D eigenvalue weighted by Crippen LogP contribution is 2.41. The minimum absolute atomic E-state index is 0.0187. The van der Waals surface area contributed by atoms with E-state index in [1.807, 2.05) is 37.3 Å². The first-order valence-electron chi connectivity index (χ1n) is 7.96. The molecule has 124 valence electrons. The summed E-state index contributed by atoms with van der Waals surface area (Å²) in [6.45, 7) is 2.92. The number of aldehydes is 1. The molecule has 0 fully saturated rings. The van der Waals surface area contributed by atoms with Gasteiger partial charge in [-0.3, -0.25) is 9.59 Å². The Balaban J connectivity index is 1.94. The van der Waals surface area contributed by atoms with Crippen molar-refractivity contribution in [1.82, 2.24) is 0 Å². The molecule has 0 saturated carbocycles. The largest absolute Gasteiger partial charge is 0.485 e. The van der Waals surface area contributed by atoms with Gasteiger partial charge in [-0.25, -0.2) is 0 Å². The number of benzene rings is 2. The second kappa shape index (κ2) is 7.17. The van der Waals surface area contributed by atoms with Crippen molar-refractivity contribution in [3.05, 3.63) is 53.6 Å². The van der Waals surface area contributed by atoms with Crippen molar-refractivity contribution in [2.75, 3.05) is 18.1 Å². The number of carbonyl (C=O) groups is 2. The summed E-state index contributed by atoms with van der Waals surface area (Å²) in [5.41, 5.74) is 2.07. The normalized spacial score (nSPS) is 13.2. The molecule has 0 unspecified atom stereocenters. The third kappa shape index (κ3) is 3.25. The molecular formula is C19H19NO4. The number of nitrogens with zero attached hydrogens (tertiary/aromatic N) is 1. The molecule has 5 nitrogen and oxygen atoms in total. The summed E-state index contributed by atoms with van der Waals surface area (Å²) >= 11 is 0. The molecule has 0 spiro atoms. The topological polar surface area (TPSA) is 55.8 Å². The molecule has 0 aromatic heterocycles. The van der Waals surface area contributed by atoms with E-state index in [4.69, 9.17) is 9.47 Å². The van der Waals surface area contributed by atoms with Gasteiger partial charge >= 0.3 is 0 Å². The zero-order valence-electron chi connectivity index (χ0n) is 13.5. The molecule has 0 aliphatic carbocycles. The lowest BCUT2D eigenvalue weighted by molar-refractivity contribution is -0.121. The van der Waals surface area contributed by atoms with Crippen LogP contribution in [0.1, 0.15) is 29.3 Å². The van der Waals surface area contributed by atoms with Crippen LogP contribution in [0.25, 0.3) is 0 Å². The Morgan fingerprint density at radius 1 is 1.25 bits per heavy atom. The minimum atomic E-state index is -0.110. The van der Waals surface area contributed by atoms with E-state index < -0.39 is 0 Å². The second-order valence-corrected chi connectivity index (χ2v) is 5.59. The number of rotatable bonds is 6. The van der Waals surface area contributed by atoms with Crippen LogP contribution in [0.3, 0.4) is 0 Å². The fraction of sp³-hybridized carbons (Fsp3) is 0.263. The van der Waals surface area contributed by atoms with Crippen molar-refractivity contribution in [2.24, 2.45) is 0 Å². The molecule has 1 heterocycles. The smallest absolute Gasteiger partial charge is 0.265 e. The van der Waals surface area contributed by atoms with Gasteiger partial charge in [-0.15, -0.1) is 0 Å². The maximum atomic E-state index is 12.1. The molecule has 0 N–H and O–H groups in total. The van der Waals surface area contributed by atoms with Crippen molar-refractivity contribution in [3.8, 4) is 11.5 Å². The van der Waals surface area contributed by atoms with Crippen molar-refractivity contribution in [3.63, 3.8) is 0 Å². The van der Waals surface area contributed by atoms with E-state index in [1.54, 1.807) is 17.0 Å². The third-order valence-electron chi connectivity index (χ3n) is 3.81. The molecular weight excluding hydrogens is 306 g/mol. The molecule has 1 aliphatic heterocycles. The summed E-state index contributed by atoms with van der Waals surface area (Å²) in [5, 5.41) is 0. The molecule has 24 heavy (non-hydrogen) atoms. The number of hydrogen-bond donors (Lipinski definition) is 0. The van der Waals surface area contributed by atoms with Crippen LogP contribution in [-0.2, 0) is 11.4 Å². The highest BCUT2D eigenvalue weighted by atomic mass is 16.5. The van der Waals surface area contributed by atoms with Crippen molar-refractivity contribution < 1.29 is 19.1 Å². The lowest BCUT2D eigenvalue weighted by Gasteiger charge is -2.30. The lowest BCUT2D eigenvalue weighted by Crippen LogP contribution is -2.39. The van der Waals surface area contributed by atoms with Gasteiger partial charge in [0, 0.05) is 12.1 Å². The first-order chi connectivity index (χ1) is 11.7. The van der Waals surface area contributed by atoms with E-state index in [2.05, 4.69) is 0 Å². The van der Waals surface area contributed by atoms with Gasteiger partial charge in [0.15, 0.2) is 18.1 Å². The number of amides is 1. The van der Waals surface area contributed by atoms with Gasteiger partial charge in [0.25, 0.3) is 5.91 Å². The van der Waals surface area contributed by atoms with Gasteiger partial charge in [-0.05, 0) is 24.1 Å². The molecule has 3 rings (SSSR count). The van der Waals surface area contributed by atoms with E-state index in [-0.39, 0.29) is 12.5 Å². The molecule has 0 radical (unpaired) electrons. The molecule has 1 aliphatic rings. The fourth-order valence-corrected chi connectivity index (χ4v) is 2.68. The third-order valence-corrected chi connectivity index (χ3v) is 3.81. The van der Waals surface area contributed by atoms with E-state index in [1.165, 1.54) is 0 Å². The van der Waals surface area contributed by atoms with Gasteiger partial charge in [0.1, 0.15) is 12.9 Å². The van der Waals surface area contributed by atoms with E-state index >= 15 is 0 Å². The predicted molar refractivity (Wildman–Crippen MR) is 90.7 cm³/mol. The summed E-state index contributed by atoms with van der Waals surface area (Å²) in [6, 6.07) is 13.1. The highest BCUT2D eigenvalue weighted by molar-refractivity contribution is 5.99. The Morgan fingerprint density at radius 2 is 2.04 bits per heavy atom. The monoisotopic (exact) mass is 325 g/mol. The summed E-state index contributed by atoms with van der Waals surface area (Å²) < 4.78 is 11.5. The van der Waals surface area contributed by atoms with Crippen LogP contribution in [0.2, 0.25) is 0 Å². The van der Waals surface area contributed by atoms with E-state index in [9.17, 15) is 9.59 Å². The quantitative estimate of drug-likeness (QED) is 0.765. The van der Waals surface area contributed by atoms with Crippen molar-refractivity contribution >= 4 is 17.9 Å². The van der Waals surface area contributed by atoms with E-state index in [0.29, 0.717) is 35.9 Å². The number of fused-ring (bicyclic) bond motifs is 1. The lowest BCUT2D eigenvalue weighted by atomic mass is 10.1. The van der Waals surface area contributed by atoms with Gasteiger partial charge in [0.2, 0.25) is 0 Å². The Hall–Kier alpha value is -2.82. The van der Waals surface area contributed by atoms with Gasteiger partial charge in [0.05, 0.1) is 5.69 Å². The van der Waals surface area contributed by atoms with Crippen LogP contribution in [0.15, 0.2) is 42.5 Å². The zero-order valence-corrected chi connectivity index (χ0v) is 13.5. The van der Waals surface area contributed by atoms with Crippen LogP contribution < -0.4 is 14.4 Å². The average Bonchev–Trinajstić information content (AvgIpc) is 2.62. The van der Waals surface area contributed by atoms with Gasteiger partial charge < -0.3 is 14.4 Å². The molecule has 0 atom stereocenters. The first-order valence-corrected chi connectivity index (χ1v) is 7.96. The average molecular weight is 325 g/mol. The van der Waals surface area contributed by atoms with Crippen LogP contribution in [-0.4, -0.2) is 25.3 Å². The van der Waals surface area contributed by atoms with Crippen molar-refractivity contribution in [2.45, 2.75) is 20.0 Å². The molecule has 1 amide bonds. The number of ether oxygens (including phenoxy) is 2. The number of hydrogen-bond acceptors (Lipinski definition) is 4. The maximum Gasteiger partial charge on any atom is 0.265 e. The summed E-state index contributed by atoms with van der Waals surface area (Å²) in [6.07, 6.45) is 1.57. The van der Waals surface area contributed by atoms with Crippen LogP contribution in [0, 0.1) is 0 Å². The van der Waals surface area contributed by atoms with Crippen LogP contribution >= 0.6 is 0 Å². The van der Waals surface area contributed by atoms with Gasteiger partial charge in [-0.1, -0.05) is 37.3 Å².